The first-order chi connectivity index (χ1) is 12.7. The first-order valence-electron chi connectivity index (χ1n) is 8.87. The van der Waals surface area contributed by atoms with Crippen LogP contribution in [-0.2, 0) is 13.1 Å². The fourth-order valence-corrected chi connectivity index (χ4v) is 3.49. The molecule has 0 radical (unpaired) electrons. The summed E-state index contributed by atoms with van der Waals surface area (Å²) in [5.41, 5.74) is 2.32. The maximum Gasteiger partial charge on any atom is 0.231 e. The predicted octanol–water partition coefficient (Wildman–Crippen LogP) is 2.88. The molecule has 5 nitrogen and oxygen atoms in total. The van der Waals surface area contributed by atoms with E-state index in [1.807, 2.05) is 24.3 Å². The molecular formula is C20H23FN2O3. The monoisotopic (exact) mass is 358 g/mol. The molecule has 0 amide bonds. The Morgan fingerprint density at radius 1 is 0.923 bits per heavy atom. The summed E-state index contributed by atoms with van der Waals surface area (Å²) in [6, 6.07) is 10.8. The van der Waals surface area contributed by atoms with Gasteiger partial charge in [-0.1, -0.05) is 12.1 Å². The Morgan fingerprint density at radius 3 is 2.23 bits per heavy atom. The van der Waals surface area contributed by atoms with Gasteiger partial charge in [0, 0.05) is 39.3 Å². The van der Waals surface area contributed by atoms with E-state index in [0.717, 1.165) is 61.9 Å². The summed E-state index contributed by atoms with van der Waals surface area (Å²) in [5, 5.41) is 0. The summed E-state index contributed by atoms with van der Waals surface area (Å²) >= 11 is 0. The summed E-state index contributed by atoms with van der Waals surface area (Å²) < 4.78 is 29.4. The van der Waals surface area contributed by atoms with Gasteiger partial charge in [-0.15, -0.1) is 0 Å². The van der Waals surface area contributed by atoms with Crippen LogP contribution in [0.4, 0.5) is 4.39 Å². The summed E-state index contributed by atoms with van der Waals surface area (Å²) in [6.45, 7) is 5.97. The van der Waals surface area contributed by atoms with E-state index < -0.39 is 0 Å². The smallest absolute Gasteiger partial charge is 0.231 e. The van der Waals surface area contributed by atoms with E-state index in [0.29, 0.717) is 5.75 Å². The number of piperazine rings is 1. The molecule has 1 saturated heterocycles. The third-order valence-corrected chi connectivity index (χ3v) is 4.91. The average molecular weight is 358 g/mol. The van der Waals surface area contributed by atoms with E-state index >= 15 is 0 Å². The van der Waals surface area contributed by atoms with E-state index in [2.05, 4.69) is 9.80 Å². The molecule has 2 aliphatic rings. The van der Waals surface area contributed by atoms with Gasteiger partial charge in [0.15, 0.2) is 11.5 Å². The Labute approximate surface area is 152 Å². The number of hydrogen-bond acceptors (Lipinski definition) is 5. The minimum absolute atomic E-state index is 0.183. The van der Waals surface area contributed by atoms with Crippen molar-refractivity contribution in [2.24, 2.45) is 0 Å². The molecule has 0 N–H and O–H groups in total. The topological polar surface area (TPSA) is 34.2 Å². The van der Waals surface area contributed by atoms with Gasteiger partial charge in [0.1, 0.15) is 5.82 Å². The third kappa shape index (κ3) is 3.76. The van der Waals surface area contributed by atoms with Gasteiger partial charge in [-0.3, -0.25) is 9.80 Å². The highest BCUT2D eigenvalue weighted by atomic mass is 19.1. The van der Waals surface area contributed by atoms with Crippen molar-refractivity contribution in [3.8, 4) is 17.2 Å². The lowest BCUT2D eigenvalue weighted by atomic mass is 10.1. The fourth-order valence-electron chi connectivity index (χ4n) is 3.49. The number of methoxy groups -OCH3 is 1. The van der Waals surface area contributed by atoms with Crippen LogP contribution in [0.1, 0.15) is 11.1 Å². The van der Waals surface area contributed by atoms with Crippen LogP contribution in [0, 0.1) is 5.82 Å². The Morgan fingerprint density at radius 2 is 1.58 bits per heavy atom. The maximum absolute atomic E-state index is 13.0. The van der Waals surface area contributed by atoms with Crippen molar-refractivity contribution in [3.63, 3.8) is 0 Å². The molecule has 0 aromatic heterocycles. The van der Waals surface area contributed by atoms with Crippen LogP contribution in [0.25, 0.3) is 0 Å². The lowest BCUT2D eigenvalue weighted by molar-refractivity contribution is 0.122. The van der Waals surface area contributed by atoms with Crippen LogP contribution in [-0.4, -0.2) is 49.9 Å². The molecule has 26 heavy (non-hydrogen) atoms. The van der Waals surface area contributed by atoms with Gasteiger partial charge in [-0.25, -0.2) is 4.39 Å². The lowest BCUT2D eigenvalue weighted by Gasteiger charge is -2.34. The first-order valence-corrected chi connectivity index (χ1v) is 8.87. The normalized spacial score (nSPS) is 17.5. The summed E-state index contributed by atoms with van der Waals surface area (Å²) in [5.74, 6) is 2.00. The van der Waals surface area contributed by atoms with Crippen molar-refractivity contribution in [1.82, 2.24) is 9.80 Å². The zero-order chi connectivity index (χ0) is 17.9. The van der Waals surface area contributed by atoms with Gasteiger partial charge in [-0.2, -0.15) is 0 Å². The van der Waals surface area contributed by atoms with Crippen LogP contribution in [0.2, 0.25) is 0 Å². The van der Waals surface area contributed by atoms with E-state index in [-0.39, 0.29) is 12.6 Å². The van der Waals surface area contributed by atoms with Crippen molar-refractivity contribution < 1.29 is 18.6 Å². The van der Waals surface area contributed by atoms with E-state index in [9.17, 15) is 4.39 Å². The SMILES string of the molecule is COc1cc(CN2CCN(Cc3ccc(F)cc3)CC2)cc2c1OCO2. The summed E-state index contributed by atoms with van der Waals surface area (Å²) in [7, 11) is 1.65. The molecule has 1 fully saturated rings. The second-order valence-corrected chi connectivity index (χ2v) is 6.71. The fraction of sp³-hybridized carbons (Fsp3) is 0.400. The van der Waals surface area contributed by atoms with E-state index in [1.165, 1.54) is 12.1 Å². The molecule has 0 aliphatic carbocycles. The van der Waals surface area contributed by atoms with Gasteiger partial charge < -0.3 is 14.2 Å². The molecule has 2 aromatic carbocycles. The molecule has 0 unspecified atom stereocenters. The van der Waals surface area contributed by atoms with Gasteiger partial charge in [0.05, 0.1) is 7.11 Å². The minimum atomic E-state index is -0.183. The molecule has 138 valence electrons. The standard InChI is InChI=1S/C20H23FN2O3/c1-24-18-10-16(11-19-20(18)26-14-25-19)13-23-8-6-22(7-9-23)12-15-2-4-17(21)5-3-15/h2-5,10-11H,6-9,12-14H2,1H3. The number of nitrogens with zero attached hydrogens (tertiary/aromatic N) is 2. The second kappa shape index (κ2) is 7.51. The molecule has 2 heterocycles. The van der Waals surface area contributed by atoms with Gasteiger partial charge in [0.2, 0.25) is 12.5 Å². The highest BCUT2D eigenvalue weighted by Crippen LogP contribution is 2.42. The molecule has 0 atom stereocenters. The number of halogens is 1. The zero-order valence-corrected chi connectivity index (χ0v) is 14.9. The molecular weight excluding hydrogens is 335 g/mol. The molecule has 0 saturated carbocycles. The Hall–Kier alpha value is -2.31. The van der Waals surface area contributed by atoms with Crippen LogP contribution < -0.4 is 14.2 Å². The quantitative estimate of drug-likeness (QED) is 0.821. The highest BCUT2D eigenvalue weighted by molar-refractivity contribution is 5.55. The molecule has 0 spiro atoms. The van der Waals surface area contributed by atoms with Gasteiger partial charge in [-0.05, 0) is 35.4 Å². The minimum Gasteiger partial charge on any atom is -0.493 e. The van der Waals surface area contributed by atoms with Crippen molar-refractivity contribution >= 4 is 0 Å². The maximum atomic E-state index is 13.0. The number of benzene rings is 2. The van der Waals surface area contributed by atoms with Gasteiger partial charge >= 0.3 is 0 Å². The second-order valence-electron chi connectivity index (χ2n) is 6.71. The third-order valence-electron chi connectivity index (χ3n) is 4.91. The highest BCUT2D eigenvalue weighted by Gasteiger charge is 2.22. The van der Waals surface area contributed by atoms with Crippen molar-refractivity contribution in [2.75, 3.05) is 40.1 Å². The molecule has 0 bridgehead atoms. The summed E-state index contributed by atoms with van der Waals surface area (Å²) in [4.78, 5) is 4.84. The zero-order valence-electron chi connectivity index (χ0n) is 14.9. The lowest BCUT2D eigenvalue weighted by Crippen LogP contribution is -2.45. The number of ether oxygens (including phenoxy) is 3. The Bertz CT molecular complexity index is 758. The Balaban J connectivity index is 1.33. The summed E-state index contributed by atoms with van der Waals surface area (Å²) in [6.07, 6.45) is 0. The largest absolute Gasteiger partial charge is 0.493 e. The van der Waals surface area contributed by atoms with Crippen molar-refractivity contribution in [1.29, 1.82) is 0 Å². The number of fused-ring (bicyclic) bond motifs is 1. The van der Waals surface area contributed by atoms with E-state index in [4.69, 9.17) is 14.2 Å². The van der Waals surface area contributed by atoms with Crippen LogP contribution >= 0.6 is 0 Å². The molecule has 4 rings (SSSR count). The number of rotatable bonds is 5. The molecule has 2 aliphatic heterocycles. The molecule has 2 aromatic rings. The van der Waals surface area contributed by atoms with Crippen LogP contribution in [0.5, 0.6) is 17.2 Å². The van der Waals surface area contributed by atoms with Crippen molar-refractivity contribution in [2.45, 2.75) is 13.1 Å². The predicted molar refractivity (Wildman–Crippen MR) is 96.1 cm³/mol. The molecule has 6 heteroatoms. The Kier molecular flexibility index (Phi) is 4.95. The van der Waals surface area contributed by atoms with Crippen LogP contribution in [0.15, 0.2) is 36.4 Å². The number of hydrogen-bond donors (Lipinski definition) is 0. The van der Waals surface area contributed by atoms with Crippen molar-refractivity contribution in [3.05, 3.63) is 53.3 Å². The van der Waals surface area contributed by atoms with E-state index in [1.54, 1.807) is 7.11 Å². The first kappa shape index (κ1) is 17.1. The van der Waals surface area contributed by atoms with Gasteiger partial charge in [0.25, 0.3) is 0 Å². The average Bonchev–Trinajstić information content (AvgIpc) is 3.13. The van der Waals surface area contributed by atoms with Crippen LogP contribution in [0.3, 0.4) is 0 Å².